The maximum Gasteiger partial charge on any atom is 0.411 e. The number of nitrogens with zero attached hydrogens (tertiary/aromatic N) is 4. The van der Waals surface area contributed by atoms with E-state index >= 15 is 0 Å². The molecule has 39 heavy (non-hydrogen) atoms. The number of halogens is 2. The van der Waals surface area contributed by atoms with Crippen LogP contribution >= 0.6 is 11.6 Å². The van der Waals surface area contributed by atoms with Crippen molar-refractivity contribution in [2.75, 3.05) is 33.1 Å². The van der Waals surface area contributed by atoms with Gasteiger partial charge in [-0.3, -0.25) is 9.69 Å². The molecule has 1 aliphatic heterocycles. The number of anilines is 2. The van der Waals surface area contributed by atoms with Crippen molar-refractivity contribution in [3.05, 3.63) is 47.5 Å². The Morgan fingerprint density at radius 3 is 2.59 bits per heavy atom. The molecule has 0 radical (unpaired) electrons. The SMILES string of the molecule is COc1cc2ncnc(Nc3cccc(Cl)c3F)c2cc1OC1CC(C(=O)N(C)C)N(C(=O)OC(C)(C)C)C1. The number of fused-ring (bicyclic) bond motifs is 1. The monoisotopic (exact) mass is 559 g/mol. The molecule has 1 saturated heterocycles. The van der Waals surface area contributed by atoms with Gasteiger partial charge in [0.05, 0.1) is 29.9 Å². The Morgan fingerprint density at radius 1 is 1.18 bits per heavy atom. The van der Waals surface area contributed by atoms with Gasteiger partial charge >= 0.3 is 6.09 Å². The first-order chi connectivity index (χ1) is 18.4. The summed E-state index contributed by atoms with van der Waals surface area (Å²) in [5.41, 5.74) is -0.0500. The lowest BCUT2D eigenvalue weighted by Crippen LogP contribution is -2.47. The lowest BCUT2D eigenvalue weighted by Gasteiger charge is -2.28. The van der Waals surface area contributed by atoms with Gasteiger partial charge in [-0.15, -0.1) is 0 Å². The average Bonchev–Trinajstić information content (AvgIpc) is 3.29. The van der Waals surface area contributed by atoms with Crippen molar-refractivity contribution in [2.45, 2.75) is 44.9 Å². The van der Waals surface area contributed by atoms with Gasteiger partial charge in [0.2, 0.25) is 5.91 Å². The summed E-state index contributed by atoms with van der Waals surface area (Å²) in [6.07, 6.45) is 0.466. The number of likely N-dealkylation sites (tertiary alicyclic amines) is 1. The molecule has 12 heteroatoms. The molecule has 0 spiro atoms. The fourth-order valence-corrected chi connectivity index (χ4v) is 4.43. The minimum Gasteiger partial charge on any atom is -0.493 e. The van der Waals surface area contributed by atoms with Crippen molar-refractivity contribution >= 4 is 46.0 Å². The maximum atomic E-state index is 14.6. The van der Waals surface area contributed by atoms with Crippen LogP contribution in [-0.2, 0) is 9.53 Å². The number of aromatic nitrogens is 2. The Kier molecular flexibility index (Phi) is 8.01. The van der Waals surface area contributed by atoms with Crippen LogP contribution in [0.3, 0.4) is 0 Å². The van der Waals surface area contributed by atoms with Gasteiger partial charge in [0.25, 0.3) is 0 Å². The standard InChI is InChI=1S/C27H31ClFN5O5/c1-27(2,3)39-26(36)34-13-15(10-20(34)25(35)33(4)5)38-22-11-16-19(12-21(22)37-6)30-14-31-24(16)32-18-9-7-8-17(28)23(18)29/h7-9,11-12,14-15,20H,10,13H2,1-6H3,(H,30,31,32). The van der Waals surface area contributed by atoms with Gasteiger partial charge in [-0.1, -0.05) is 17.7 Å². The zero-order valence-electron chi connectivity index (χ0n) is 22.6. The molecule has 10 nitrogen and oxygen atoms in total. The van der Waals surface area contributed by atoms with Crippen molar-refractivity contribution < 1.29 is 28.2 Å². The summed E-state index contributed by atoms with van der Waals surface area (Å²) < 4.78 is 32.0. The summed E-state index contributed by atoms with van der Waals surface area (Å²) in [5, 5.41) is 3.48. The molecule has 208 valence electrons. The average molecular weight is 560 g/mol. The molecule has 2 aromatic carbocycles. The summed E-state index contributed by atoms with van der Waals surface area (Å²) in [6, 6.07) is 7.22. The number of carbonyl (C=O) groups is 2. The van der Waals surface area contributed by atoms with Crippen LogP contribution < -0.4 is 14.8 Å². The first-order valence-corrected chi connectivity index (χ1v) is 12.7. The largest absolute Gasteiger partial charge is 0.493 e. The Hall–Kier alpha value is -3.86. The number of rotatable bonds is 6. The molecule has 0 bridgehead atoms. The molecule has 2 heterocycles. The van der Waals surface area contributed by atoms with Crippen LogP contribution in [0.1, 0.15) is 27.2 Å². The molecule has 2 unspecified atom stereocenters. The van der Waals surface area contributed by atoms with Crippen LogP contribution in [0.25, 0.3) is 10.9 Å². The molecule has 2 atom stereocenters. The van der Waals surface area contributed by atoms with Crippen LogP contribution in [0, 0.1) is 5.82 Å². The van der Waals surface area contributed by atoms with Crippen molar-refractivity contribution in [2.24, 2.45) is 0 Å². The molecule has 1 aliphatic rings. The van der Waals surface area contributed by atoms with E-state index in [1.54, 1.807) is 59.1 Å². The second kappa shape index (κ2) is 11.1. The predicted octanol–water partition coefficient (Wildman–Crippen LogP) is 5.02. The molecule has 0 saturated carbocycles. The van der Waals surface area contributed by atoms with Crippen molar-refractivity contribution in [3.63, 3.8) is 0 Å². The Morgan fingerprint density at radius 2 is 1.92 bits per heavy atom. The van der Waals surface area contributed by atoms with Gasteiger partial charge in [0.15, 0.2) is 17.3 Å². The fourth-order valence-electron chi connectivity index (χ4n) is 4.26. The summed E-state index contributed by atoms with van der Waals surface area (Å²) in [6.45, 7) is 5.42. The predicted molar refractivity (Wildman–Crippen MR) is 145 cm³/mol. The van der Waals surface area contributed by atoms with Crippen molar-refractivity contribution in [1.82, 2.24) is 19.8 Å². The number of methoxy groups -OCH3 is 1. The topological polar surface area (TPSA) is 106 Å². The first-order valence-electron chi connectivity index (χ1n) is 12.3. The summed E-state index contributed by atoms with van der Waals surface area (Å²) >= 11 is 5.93. The number of hydrogen-bond acceptors (Lipinski definition) is 8. The summed E-state index contributed by atoms with van der Waals surface area (Å²) in [7, 11) is 4.76. The van der Waals surface area contributed by atoms with E-state index in [1.165, 1.54) is 29.3 Å². The van der Waals surface area contributed by atoms with Crippen molar-refractivity contribution in [1.29, 1.82) is 0 Å². The Balaban J connectivity index is 1.66. The normalized spacial score (nSPS) is 17.2. The molecular weight excluding hydrogens is 529 g/mol. The Bertz CT molecular complexity index is 1400. The van der Waals surface area contributed by atoms with Crippen LogP contribution in [0.5, 0.6) is 11.5 Å². The van der Waals surface area contributed by atoms with Gasteiger partial charge in [-0.2, -0.15) is 0 Å². The van der Waals surface area contributed by atoms with E-state index in [0.29, 0.717) is 28.2 Å². The highest BCUT2D eigenvalue weighted by Gasteiger charge is 2.43. The van der Waals surface area contributed by atoms with E-state index in [9.17, 15) is 14.0 Å². The number of benzene rings is 2. The number of amides is 2. The molecule has 1 fully saturated rings. The van der Waals surface area contributed by atoms with Gasteiger partial charge in [0.1, 0.15) is 29.9 Å². The number of hydrogen-bond donors (Lipinski definition) is 1. The second-order valence-corrected chi connectivity index (χ2v) is 10.7. The summed E-state index contributed by atoms with van der Waals surface area (Å²) in [5.74, 6) is 0.228. The molecule has 0 aliphatic carbocycles. The molecular formula is C27H31ClFN5O5. The maximum absolute atomic E-state index is 14.6. The molecule has 4 rings (SSSR count). The lowest BCUT2D eigenvalue weighted by atomic mass is 10.1. The quantitative estimate of drug-likeness (QED) is 0.449. The van der Waals surface area contributed by atoms with Gasteiger partial charge < -0.3 is 24.4 Å². The van der Waals surface area contributed by atoms with E-state index in [2.05, 4.69) is 15.3 Å². The first kappa shape index (κ1) is 28.2. The van der Waals surface area contributed by atoms with Crippen LogP contribution in [0.2, 0.25) is 5.02 Å². The minimum atomic E-state index is -0.752. The van der Waals surface area contributed by atoms with E-state index in [1.807, 2.05) is 0 Å². The zero-order chi connectivity index (χ0) is 28.5. The van der Waals surface area contributed by atoms with Crippen LogP contribution in [0.15, 0.2) is 36.7 Å². The lowest BCUT2D eigenvalue weighted by molar-refractivity contribution is -0.133. The van der Waals surface area contributed by atoms with E-state index in [-0.39, 0.29) is 29.6 Å². The van der Waals surface area contributed by atoms with Crippen LogP contribution in [-0.4, -0.2) is 77.3 Å². The second-order valence-electron chi connectivity index (χ2n) is 10.3. The smallest absolute Gasteiger partial charge is 0.411 e. The number of nitrogens with one attached hydrogen (secondary N) is 1. The van der Waals surface area contributed by atoms with E-state index < -0.39 is 29.7 Å². The number of carbonyl (C=O) groups excluding carboxylic acids is 2. The Labute approximate surface area is 231 Å². The highest BCUT2D eigenvalue weighted by Crippen LogP contribution is 2.37. The van der Waals surface area contributed by atoms with Crippen molar-refractivity contribution in [3.8, 4) is 11.5 Å². The fraction of sp³-hybridized carbons (Fsp3) is 0.407. The van der Waals surface area contributed by atoms with E-state index in [0.717, 1.165) is 0 Å². The third kappa shape index (κ3) is 6.25. The number of likely N-dealkylation sites (N-methyl/N-ethyl adjacent to an activating group) is 1. The zero-order valence-corrected chi connectivity index (χ0v) is 23.4. The minimum absolute atomic E-state index is 0.0262. The van der Waals surface area contributed by atoms with E-state index in [4.69, 9.17) is 25.8 Å². The summed E-state index contributed by atoms with van der Waals surface area (Å²) in [4.78, 5) is 37.3. The third-order valence-electron chi connectivity index (χ3n) is 6.04. The molecule has 1 N–H and O–H groups in total. The van der Waals surface area contributed by atoms with Crippen LogP contribution in [0.4, 0.5) is 20.7 Å². The highest BCUT2D eigenvalue weighted by molar-refractivity contribution is 6.31. The molecule has 1 aromatic heterocycles. The van der Waals surface area contributed by atoms with Gasteiger partial charge in [0, 0.05) is 32.0 Å². The third-order valence-corrected chi connectivity index (χ3v) is 6.33. The highest BCUT2D eigenvalue weighted by atomic mass is 35.5. The molecule has 3 aromatic rings. The van der Waals surface area contributed by atoms with Gasteiger partial charge in [-0.05, 0) is 39.0 Å². The van der Waals surface area contributed by atoms with Gasteiger partial charge in [-0.25, -0.2) is 19.2 Å². The molecule has 2 amide bonds. The number of ether oxygens (including phenoxy) is 3.